The van der Waals surface area contributed by atoms with E-state index in [1.165, 1.54) is 71.6 Å². The Kier molecular flexibility index (Phi) is 5.36. The number of fused-ring (bicyclic) bond motifs is 14. The summed E-state index contributed by atoms with van der Waals surface area (Å²) in [4.78, 5) is 0. The molecular formula is C45H28N2. The molecular weight excluding hydrogens is 569 g/mol. The summed E-state index contributed by atoms with van der Waals surface area (Å²) in [5.74, 6) is 0. The smallest absolute Gasteiger partial charge is 0.0966 e. The van der Waals surface area contributed by atoms with Crippen LogP contribution in [0.3, 0.4) is 0 Å². The van der Waals surface area contributed by atoms with E-state index in [0.717, 1.165) is 22.3 Å². The van der Waals surface area contributed by atoms with E-state index >= 15 is 0 Å². The molecule has 0 atom stereocenters. The zero-order chi connectivity index (χ0) is 31.1. The maximum Gasteiger partial charge on any atom is 0.0966 e. The van der Waals surface area contributed by atoms with Crippen LogP contribution in [0.15, 0.2) is 157 Å². The lowest BCUT2D eigenvalue weighted by Gasteiger charge is -2.31. The molecule has 0 radical (unpaired) electrons. The Balaban J connectivity index is 1.35. The maximum atomic E-state index is 9.59. The number of nitriles is 1. The Labute approximate surface area is 273 Å². The third-order valence-corrected chi connectivity index (χ3v) is 10.5. The fourth-order valence-electron chi connectivity index (χ4n) is 8.65. The Morgan fingerprint density at radius 3 is 1.98 bits per heavy atom. The molecule has 1 aliphatic heterocycles. The Morgan fingerprint density at radius 2 is 1.19 bits per heavy atom. The zero-order valence-corrected chi connectivity index (χ0v) is 25.6. The number of rotatable bonds is 2. The van der Waals surface area contributed by atoms with Gasteiger partial charge in [-0.05, 0) is 107 Å². The number of dihydropyridines is 1. The molecule has 0 saturated carbocycles. The van der Waals surface area contributed by atoms with Crippen LogP contribution in [0.4, 0.5) is 0 Å². The van der Waals surface area contributed by atoms with Gasteiger partial charge in [0.25, 0.3) is 0 Å². The highest BCUT2D eigenvalue weighted by atomic mass is 14.8. The number of nitrogens with zero attached hydrogens (tertiary/aromatic N) is 1. The summed E-state index contributed by atoms with van der Waals surface area (Å²) in [7, 11) is 0. The van der Waals surface area contributed by atoms with Gasteiger partial charge in [-0.25, -0.2) is 0 Å². The molecule has 0 amide bonds. The van der Waals surface area contributed by atoms with Crippen molar-refractivity contribution >= 4 is 27.1 Å². The van der Waals surface area contributed by atoms with Crippen LogP contribution in [0, 0.1) is 11.3 Å². The Bertz CT molecular complexity index is 2550. The molecule has 1 spiro atoms. The predicted octanol–water partition coefficient (Wildman–Crippen LogP) is 10.4. The second-order valence-electron chi connectivity index (χ2n) is 12.8. The summed E-state index contributed by atoms with van der Waals surface area (Å²) in [6.07, 6.45) is 4.02. The molecule has 1 heterocycles. The van der Waals surface area contributed by atoms with Crippen molar-refractivity contribution in [3.8, 4) is 39.4 Å². The van der Waals surface area contributed by atoms with Gasteiger partial charge < -0.3 is 5.32 Å². The van der Waals surface area contributed by atoms with E-state index in [1.807, 2.05) is 12.3 Å². The van der Waals surface area contributed by atoms with Gasteiger partial charge in [0.2, 0.25) is 0 Å². The normalized spacial score (nSPS) is 14.9. The average molecular weight is 597 g/mol. The first-order chi connectivity index (χ1) is 23.3. The highest BCUT2D eigenvalue weighted by molar-refractivity contribution is 6.16. The fraction of sp³-hybridized carbons (Fsp3) is 0.0444. The monoisotopic (exact) mass is 596 g/mol. The first-order valence-corrected chi connectivity index (χ1v) is 16.2. The van der Waals surface area contributed by atoms with Crippen LogP contribution in [0.1, 0.15) is 27.8 Å². The molecule has 0 fully saturated rings. The Hall–Kier alpha value is -6.17. The second kappa shape index (κ2) is 9.66. The van der Waals surface area contributed by atoms with Crippen molar-refractivity contribution in [3.63, 3.8) is 0 Å². The maximum absolute atomic E-state index is 9.59. The summed E-state index contributed by atoms with van der Waals surface area (Å²) >= 11 is 0. The van der Waals surface area contributed by atoms with Gasteiger partial charge in [0.1, 0.15) is 0 Å². The third kappa shape index (κ3) is 3.43. The van der Waals surface area contributed by atoms with Gasteiger partial charge in [0.05, 0.1) is 11.5 Å². The molecule has 0 bridgehead atoms. The lowest BCUT2D eigenvalue weighted by molar-refractivity contribution is 0.795. The Morgan fingerprint density at radius 1 is 0.532 bits per heavy atom. The molecule has 0 unspecified atom stereocenters. The van der Waals surface area contributed by atoms with Crippen molar-refractivity contribution < 1.29 is 0 Å². The summed E-state index contributed by atoms with van der Waals surface area (Å²) in [6.45, 7) is 0.565. The third-order valence-electron chi connectivity index (χ3n) is 10.5. The van der Waals surface area contributed by atoms with Crippen molar-refractivity contribution in [1.29, 1.82) is 5.26 Å². The van der Waals surface area contributed by atoms with Gasteiger partial charge in [-0.15, -0.1) is 0 Å². The van der Waals surface area contributed by atoms with Crippen LogP contribution >= 0.6 is 0 Å². The van der Waals surface area contributed by atoms with E-state index in [4.69, 9.17) is 0 Å². The zero-order valence-electron chi connectivity index (χ0n) is 25.6. The van der Waals surface area contributed by atoms with Crippen LogP contribution in [-0.4, -0.2) is 6.54 Å². The molecule has 10 rings (SSSR count). The van der Waals surface area contributed by atoms with Gasteiger partial charge in [0, 0.05) is 18.3 Å². The quantitative estimate of drug-likeness (QED) is 0.216. The van der Waals surface area contributed by atoms with Crippen LogP contribution in [0.5, 0.6) is 0 Å². The summed E-state index contributed by atoms with van der Waals surface area (Å²) < 4.78 is 0. The number of hydrogen-bond acceptors (Lipinski definition) is 2. The van der Waals surface area contributed by atoms with E-state index in [0.29, 0.717) is 6.54 Å². The summed E-state index contributed by atoms with van der Waals surface area (Å²) in [6, 6.07) is 54.1. The van der Waals surface area contributed by atoms with Crippen LogP contribution in [-0.2, 0) is 5.41 Å². The second-order valence-corrected chi connectivity index (χ2v) is 12.8. The van der Waals surface area contributed by atoms with Crippen molar-refractivity contribution in [1.82, 2.24) is 5.32 Å². The highest BCUT2D eigenvalue weighted by Crippen LogP contribution is 2.65. The lowest BCUT2D eigenvalue weighted by Crippen LogP contribution is -2.26. The molecule has 47 heavy (non-hydrogen) atoms. The molecule has 7 aromatic rings. The molecule has 2 heteroatoms. The van der Waals surface area contributed by atoms with E-state index in [2.05, 4.69) is 151 Å². The minimum atomic E-state index is -0.446. The van der Waals surface area contributed by atoms with Crippen molar-refractivity contribution in [2.45, 2.75) is 5.41 Å². The fourth-order valence-corrected chi connectivity index (χ4v) is 8.65. The molecule has 0 saturated heterocycles. The summed E-state index contributed by atoms with van der Waals surface area (Å²) in [5, 5.41) is 17.9. The molecule has 2 nitrogen and oxygen atoms in total. The number of hydrogen-bond donors (Lipinski definition) is 1. The topological polar surface area (TPSA) is 35.8 Å². The largest absolute Gasteiger partial charge is 0.386 e. The number of allylic oxidation sites excluding steroid dienone is 2. The van der Waals surface area contributed by atoms with E-state index in [-0.39, 0.29) is 0 Å². The predicted molar refractivity (Wildman–Crippen MR) is 193 cm³/mol. The molecule has 0 aromatic heterocycles. The van der Waals surface area contributed by atoms with Crippen molar-refractivity contribution in [2.75, 3.05) is 6.54 Å². The number of benzene rings is 7. The van der Waals surface area contributed by atoms with Crippen molar-refractivity contribution in [3.05, 3.63) is 185 Å². The molecule has 218 valence electrons. The van der Waals surface area contributed by atoms with Gasteiger partial charge in [-0.1, -0.05) is 127 Å². The van der Waals surface area contributed by atoms with Gasteiger partial charge in [-0.3, -0.25) is 0 Å². The highest BCUT2D eigenvalue weighted by Gasteiger charge is 2.52. The molecule has 3 aliphatic rings. The molecule has 1 N–H and O–H groups in total. The number of nitrogens with one attached hydrogen (secondary N) is 1. The van der Waals surface area contributed by atoms with Crippen LogP contribution in [0.2, 0.25) is 0 Å². The minimum Gasteiger partial charge on any atom is -0.386 e. The minimum absolute atomic E-state index is 0.446. The first-order valence-electron chi connectivity index (χ1n) is 16.2. The SMILES string of the molecule is N#CC1=CC(c2cccc(-c3cc4c(c5ccccc35)-c3c(ccc5ccccc35)C43c4ccccc4-c4ccccc43)c2)=CNC1. The van der Waals surface area contributed by atoms with Gasteiger partial charge >= 0.3 is 0 Å². The van der Waals surface area contributed by atoms with Crippen LogP contribution < -0.4 is 5.32 Å². The van der Waals surface area contributed by atoms with Crippen molar-refractivity contribution in [2.24, 2.45) is 0 Å². The standard InChI is InChI=1S/C45H28N2/c46-25-28-22-32(27-47-26-28)30-11-9-12-31(23-30)38-24-42-44(37-17-4-3-14-34(37)38)43-33-13-2-1-10-29(33)20-21-41(43)45(42)39-18-7-5-15-35(39)36-16-6-8-19-40(36)45/h1-24,27,47H,26H2. The molecule has 7 aromatic carbocycles. The van der Waals surface area contributed by atoms with E-state index in [9.17, 15) is 5.26 Å². The first kappa shape index (κ1) is 26.1. The van der Waals surface area contributed by atoms with Crippen LogP contribution in [0.25, 0.3) is 60.5 Å². The lowest BCUT2D eigenvalue weighted by atomic mass is 9.70. The van der Waals surface area contributed by atoms with E-state index in [1.54, 1.807) is 0 Å². The summed E-state index contributed by atoms with van der Waals surface area (Å²) in [5.41, 5.74) is 15.5. The van der Waals surface area contributed by atoms with Gasteiger partial charge in [0.15, 0.2) is 0 Å². The molecule has 2 aliphatic carbocycles. The van der Waals surface area contributed by atoms with Gasteiger partial charge in [-0.2, -0.15) is 5.26 Å². The van der Waals surface area contributed by atoms with E-state index < -0.39 is 5.41 Å². The average Bonchev–Trinajstić information content (AvgIpc) is 3.62.